The maximum Gasteiger partial charge on any atom is 0.239 e. The smallest absolute Gasteiger partial charge is 0.239 e. The molecule has 0 spiro atoms. The molecule has 0 aliphatic rings. The van der Waals surface area contributed by atoms with Crippen LogP contribution >= 0.6 is 0 Å². The average Bonchev–Trinajstić information content (AvgIpc) is 2.18. The van der Waals surface area contributed by atoms with Crippen LogP contribution in [-0.2, 0) is 0 Å². The Morgan fingerprint density at radius 3 is 3.00 bits per heavy atom. The molecule has 0 saturated heterocycles. The monoisotopic (exact) mass is 206 g/mol. The molecule has 1 aromatic rings. The van der Waals surface area contributed by atoms with E-state index in [1.54, 1.807) is 12.3 Å². The van der Waals surface area contributed by atoms with Crippen LogP contribution in [0.15, 0.2) is 6.07 Å². The summed E-state index contributed by atoms with van der Waals surface area (Å²) in [4.78, 5) is 8.06. The van der Waals surface area contributed by atoms with Gasteiger partial charge in [-0.2, -0.15) is 10.2 Å². The number of nitrogens with one attached hydrogen (secondary N) is 1. The average molecular weight is 206 g/mol. The summed E-state index contributed by atoms with van der Waals surface area (Å²) in [6, 6.07) is 1.75. The molecule has 0 saturated carbocycles. The molecule has 15 heavy (non-hydrogen) atoms. The standard InChI is InChI=1S/C10H14N4O/c1-3-4-5-15-9-6-8(2)13-10(14-9)12-7-11/h6H,3-5H2,1-2H3,(H,12,13,14). The highest BCUT2D eigenvalue weighted by atomic mass is 16.5. The van der Waals surface area contributed by atoms with Crippen molar-refractivity contribution in [3.63, 3.8) is 0 Å². The van der Waals surface area contributed by atoms with E-state index in [4.69, 9.17) is 10.00 Å². The Labute approximate surface area is 89.1 Å². The lowest BCUT2D eigenvalue weighted by Crippen LogP contribution is -2.03. The second-order valence-electron chi connectivity index (χ2n) is 3.11. The zero-order chi connectivity index (χ0) is 11.1. The van der Waals surface area contributed by atoms with E-state index >= 15 is 0 Å². The number of rotatable bonds is 5. The number of aromatic nitrogens is 2. The molecule has 0 unspecified atom stereocenters. The highest BCUT2D eigenvalue weighted by Gasteiger charge is 2.01. The molecule has 1 heterocycles. The minimum Gasteiger partial charge on any atom is -0.478 e. The van der Waals surface area contributed by atoms with E-state index in [2.05, 4.69) is 22.2 Å². The molecule has 80 valence electrons. The van der Waals surface area contributed by atoms with E-state index in [9.17, 15) is 0 Å². The molecule has 0 radical (unpaired) electrons. The fourth-order valence-electron chi connectivity index (χ4n) is 1.04. The molecule has 0 aromatic carbocycles. The van der Waals surface area contributed by atoms with Crippen molar-refractivity contribution in [2.24, 2.45) is 0 Å². The summed E-state index contributed by atoms with van der Waals surface area (Å²) in [6.07, 6.45) is 3.84. The first-order valence-corrected chi connectivity index (χ1v) is 4.90. The molecule has 1 N–H and O–H groups in total. The first-order chi connectivity index (χ1) is 7.26. The fraction of sp³-hybridized carbons (Fsp3) is 0.500. The second-order valence-corrected chi connectivity index (χ2v) is 3.11. The molecule has 5 heteroatoms. The van der Waals surface area contributed by atoms with Gasteiger partial charge in [-0.05, 0) is 13.3 Å². The van der Waals surface area contributed by atoms with Gasteiger partial charge < -0.3 is 4.74 Å². The number of hydrogen-bond donors (Lipinski definition) is 1. The van der Waals surface area contributed by atoms with Crippen molar-refractivity contribution in [3.05, 3.63) is 11.8 Å². The third-order valence-electron chi connectivity index (χ3n) is 1.75. The van der Waals surface area contributed by atoms with Crippen molar-refractivity contribution in [2.45, 2.75) is 26.7 Å². The highest BCUT2D eigenvalue weighted by Crippen LogP contribution is 2.11. The molecule has 0 aliphatic carbocycles. The number of ether oxygens (including phenoxy) is 1. The van der Waals surface area contributed by atoms with Gasteiger partial charge in [-0.15, -0.1) is 0 Å². The Balaban J connectivity index is 2.67. The van der Waals surface area contributed by atoms with Crippen molar-refractivity contribution in [2.75, 3.05) is 11.9 Å². The Hall–Kier alpha value is -1.83. The number of aryl methyl sites for hydroxylation is 1. The number of unbranched alkanes of at least 4 members (excludes halogenated alkanes) is 1. The Bertz CT molecular complexity index is 359. The van der Waals surface area contributed by atoms with Crippen molar-refractivity contribution in [3.8, 4) is 12.1 Å². The molecule has 0 amide bonds. The van der Waals surface area contributed by atoms with Gasteiger partial charge in [0.2, 0.25) is 11.8 Å². The van der Waals surface area contributed by atoms with Crippen LogP contribution in [0.25, 0.3) is 0 Å². The molecule has 0 aliphatic heterocycles. The molecular formula is C10H14N4O. The van der Waals surface area contributed by atoms with Crippen LogP contribution in [-0.4, -0.2) is 16.6 Å². The lowest BCUT2D eigenvalue weighted by molar-refractivity contribution is 0.297. The third-order valence-corrected chi connectivity index (χ3v) is 1.75. The van der Waals surface area contributed by atoms with Gasteiger partial charge in [0.05, 0.1) is 6.61 Å². The van der Waals surface area contributed by atoms with Crippen LogP contribution in [0, 0.1) is 18.4 Å². The Morgan fingerprint density at radius 1 is 1.53 bits per heavy atom. The summed E-state index contributed by atoms with van der Waals surface area (Å²) >= 11 is 0. The SMILES string of the molecule is CCCCOc1cc(C)nc(NC#N)n1. The summed E-state index contributed by atoms with van der Waals surface area (Å²) in [5.74, 6) is 0.790. The van der Waals surface area contributed by atoms with Gasteiger partial charge in [-0.1, -0.05) is 13.3 Å². The minimum absolute atomic E-state index is 0.281. The Kier molecular flexibility index (Phi) is 4.35. The van der Waals surface area contributed by atoms with Crippen LogP contribution in [0.5, 0.6) is 5.88 Å². The van der Waals surface area contributed by atoms with Crippen LogP contribution in [0.4, 0.5) is 5.95 Å². The zero-order valence-corrected chi connectivity index (χ0v) is 8.95. The summed E-state index contributed by atoms with van der Waals surface area (Å²) < 4.78 is 5.41. The van der Waals surface area contributed by atoms with E-state index < -0.39 is 0 Å². The molecule has 1 aromatic heterocycles. The van der Waals surface area contributed by atoms with Crippen LogP contribution < -0.4 is 10.1 Å². The predicted molar refractivity (Wildman–Crippen MR) is 56.4 cm³/mol. The van der Waals surface area contributed by atoms with E-state index in [1.807, 2.05) is 6.92 Å². The quantitative estimate of drug-likeness (QED) is 0.452. The first kappa shape index (κ1) is 11.2. The topological polar surface area (TPSA) is 70.8 Å². The number of anilines is 1. The van der Waals surface area contributed by atoms with E-state index in [1.165, 1.54) is 0 Å². The predicted octanol–water partition coefficient (Wildman–Crippen LogP) is 1.86. The van der Waals surface area contributed by atoms with Crippen LogP contribution in [0.3, 0.4) is 0 Å². The first-order valence-electron chi connectivity index (χ1n) is 4.90. The highest BCUT2D eigenvalue weighted by molar-refractivity contribution is 5.34. The van der Waals surface area contributed by atoms with Gasteiger partial charge in [0, 0.05) is 11.8 Å². The van der Waals surface area contributed by atoms with Gasteiger partial charge >= 0.3 is 0 Å². The third kappa shape index (κ3) is 3.81. The molecular weight excluding hydrogens is 192 g/mol. The maximum absolute atomic E-state index is 8.43. The van der Waals surface area contributed by atoms with Crippen LogP contribution in [0.1, 0.15) is 25.5 Å². The summed E-state index contributed by atoms with van der Waals surface area (Å²) in [6.45, 7) is 4.56. The van der Waals surface area contributed by atoms with Crippen molar-refractivity contribution < 1.29 is 4.74 Å². The van der Waals surface area contributed by atoms with Crippen molar-refractivity contribution >= 4 is 5.95 Å². The summed E-state index contributed by atoms with van der Waals surface area (Å²) in [7, 11) is 0. The van der Waals surface area contributed by atoms with Crippen LogP contribution in [0.2, 0.25) is 0 Å². The fourth-order valence-corrected chi connectivity index (χ4v) is 1.04. The van der Waals surface area contributed by atoms with Crippen molar-refractivity contribution in [1.29, 1.82) is 5.26 Å². The van der Waals surface area contributed by atoms with Gasteiger partial charge in [-0.3, -0.25) is 5.32 Å². The van der Waals surface area contributed by atoms with E-state index in [0.29, 0.717) is 12.5 Å². The number of nitriles is 1. The largest absolute Gasteiger partial charge is 0.478 e. The lowest BCUT2D eigenvalue weighted by Gasteiger charge is -2.05. The van der Waals surface area contributed by atoms with Gasteiger partial charge in [0.25, 0.3) is 0 Å². The second kappa shape index (κ2) is 5.81. The van der Waals surface area contributed by atoms with Gasteiger partial charge in [0.15, 0.2) is 6.19 Å². The Morgan fingerprint density at radius 2 is 2.33 bits per heavy atom. The van der Waals surface area contributed by atoms with Gasteiger partial charge in [0.1, 0.15) is 0 Å². The molecule has 1 rings (SSSR count). The molecule has 0 bridgehead atoms. The molecule has 5 nitrogen and oxygen atoms in total. The van der Waals surface area contributed by atoms with E-state index in [0.717, 1.165) is 18.5 Å². The lowest BCUT2D eigenvalue weighted by atomic mass is 10.4. The summed E-state index contributed by atoms with van der Waals surface area (Å²) in [5.41, 5.74) is 0.772. The van der Waals surface area contributed by atoms with E-state index in [-0.39, 0.29) is 5.95 Å². The summed E-state index contributed by atoms with van der Waals surface area (Å²) in [5, 5.41) is 10.8. The van der Waals surface area contributed by atoms with Crippen molar-refractivity contribution in [1.82, 2.24) is 9.97 Å². The minimum atomic E-state index is 0.281. The normalized spacial score (nSPS) is 9.40. The number of hydrogen-bond acceptors (Lipinski definition) is 5. The van der Waals surface area contributed by atoms with Gasteiger partial charge in [-0.25, -0.2) is 4.98 Å². The molecule has 0 fully saturated rings. The maximum atomic E-state index is 8.43. The zero-order valence-electron chi connectivity index (χ0n) is 8.95. The molecule has 0 atom stereocenters. The number of nitrogens with zero attached hydrogens (tertiary/aromatic N) is 3.